The van der Waals surface area contributed by atoms with E-state index in [4.69, 9.17) is 33.2 Å². The predicted molar refractivity (Wildman–Crippen MR) is 197 cm³/mol. The fourth-order valence-electron chi connectivity index (χ4n) is 7.08. The molecular formula is C39H45O22+. The van der Waals surface area contributed by atoms with Crippen LogP contribution in [0.15, 0.2) is 60.4 Å². The molecule has 0 bridgehead atoms. The van der Waals surface area contributed by atoms with E-state index in [2.05, 4.69) is 4.74 Å². The Bertz CT molecular complexity index is 2050. The smallest absolute Gasteiger partial charge is 0.338 e. The molecule has 0 radical (unpaired) electrons. The molecule has 3 aromatic rings. The molecule has 0 aromatic heterocycles. The summed E-state index contributed by atoms with van der Waals surface area (Å²) >= 11 is 0. The highest BCUT2D eigenvalue weighted by Gasteiger charge is 2.51. The predicted octanol–water partition coefficient (Wildman–Crippen LogP) is -2.48. The SMILES string of the molecule is O=C(OC[C@H]1O[C@@H](OC[C@H]2O[C@@H](OC3=Cc4c(O)cc(O)cc4[OH+]C3c3ccc(O)c(O)c3)[C@H](OCC3O[C@@H](O)[C@H](O)[C@H]3O)[C@@H](O)[C@H]2O)[C@H](O)[C@@H](O)[C@@H]1O)c1ccc(O)cc1. The number of ether oxygens (including phenoxy) is 8. The first kappa shape index (κ1) is 44.0. The van der Waals surface area contributed by atoms with Gasteiger partial charge in [-0.05, 0) is 42.5 Å². The molecular weight excluding hydrogens is 820 g/mol. The Labute approximate surface area is 344 Å². The third-order valence-corrected chi connectivity index (χ3v) is 10.5. The van der Waals surface area contributed by atoms with Gasteiger partial charge in [0.05, 0.1) is 30.4 Å². The van der Waals surface area contributed by atoms with Crippen molar-refractivity contribution in [3.05, 3.63) is 77.0 Å². The average Bonchev–Trinajstić information content (AvgIpc) is 3.47. The second kappa shape index (κ2) is 18.1. The lowest BCUT2D eigenvalue weighted by atomic mass is 9.97. The van der Waals surface area contributed by atoms with Crippen molar-refractivity contribution in [2.75, 3.05) is 19.8 Å². The highest BCUT2D eigenvalue weighted by Crippen LogP contribution is 2.46. The minimum absolute atomic E-state index is 0.0464. The number of phenols is 5. The zero-order valence-corrected chi connectivity index (χ0v) is 31.6. The third kappa shape index (κ3) is 9.27. The van der Waals surface area contributed by atoms with Gasteiger partial charge in [0.15, 0.2) is 29.8 Å². The largest absolute Gasteiger partial charge is 0.571 e. The Balaban J connectivity index is 1.12. The number of rotatable bonds is 12. The molecule has 15 atom stereocenters. The number of fused-ring (bicyclic) bond motifs is 1. The van der Waals surface area contributed by atoms with E-state index < -0.39 is 135 Å². The quantitative estimate of drug-likeness (QED) is 0.0509. The average molecular weight is 866 g/mol. The number of carbonyl (C=O) groups excluding carboxylic acids is 1. The summed E-state index contributed by atoms with van der Waals surface area (Å²) in [7, 11) is 0. The molecule has 0 amide bonds. The fraction of sp³-hybridized carbons (Fsp3) is 0.462. The zero-order chi connectivity index (χ0) is 43.9. The van der Waals surface area contributed by atoms with E-state index in [0.29, 0.717) is 0 Å². The number of hydrogen-bond acceptors (Lipinski definition) is 21. The number of hydrogen-bond donors (Lipinski definition) is 13. The summed E-state index contributed by atoms with van der Waals surface area (Å²) in [5.74, 6) is -2.80. The van der Waals surface area contributed by atoms with Crippen LogP contribution in [0.4, 0.5) is 0 Å². The molecule has 0 spiro atoms. The molecule has 2 unspecified atom stereocenters. The standard InChI is InChI=1S/C39H44O22/c40-16-4-1-14(2-5-16)36(52)55-12-25-27(45)30(48)33(51)38(60-25)56-13-26-28(46)31(49)35(54-11-24-29(47)32(50)37(53)58-24)39(61-26)59-23-10-18-20(43)8-17(41)9-22(18)57-34(23)15-3-6-19(42)21(44)7-15/h1-10,24-35,37-51,53H,11-13H2/p+1/t24?,25-,26-,27-,28+,29+,30+,31+,32-,33-,34?,35-,37-,38-,39-/m1/s1. The molecule has 332 valence electrons. The Morgan fingerprint density at radius 2 is 1.23 bits per heavy atom. The van der Waals surface area contributed by atoms with Crippen LogP contribution in [0.3, 0.4) is 0 Å². The normalized spacial score (nSPS) is 34.8. The van der Waals surface area contributed by atoms with E-state index in [-0.39, 0.29) is 39.7 Å². The van der Waals surface area contributed by atoms with Gasteiger partial charge in [-0.25, -0.2) is 4.79 Å². The van der Waals surface area contributed by atoms with Crippen LogP contribution in [0.1, 0.15) is 27.6 Å². The highest BCUT2D eigenvalue weighted by molar-refractivity contribution is 5.89. The maximum Gasteiger partial charge on any atom is 0.338 e. The monoisotopic (exact) mass is 865 g/mol. The van der Waals surface area contributed by atoms with Crippen molar-refractivity contribution in [1.82, 2.24) is 0 Å². The van der Waals surface area contributed by atoms with Crippen LogP contribution in [0.5, 0.6) is 34.5 Å². The van der Waals surface area contributed by atoms with Crippen molar-refractivity contribution < 1.29 is 109 Å². The van der Waals surface area contributed by atoms with Crippen molar-refractivity contribution in [1.29, 1.82) is 0 Å². The van der Waals surface area contributed by atoms with Crippen molar-refractivity contribution in [3.8, 4) is 34.5 Å². The number of esters is 1. The van der Waals surface area contributed by atoms with E-state index in [1.165, 1.54) is 48.5 Å². The van der Waals surface area contributed by atoms with Crippen molar-refractivity contribution in [2.45, 2.75) is 92.1 Å². The number of phenolic OH excluding ortho intramolecular Hbond substituents is 5. The summed E-state index contributed by atoms with van der Waals surface area (Å²) in [5, 5.41) is 136. The lowest BCUT2D eigenvalue weighted by Gasteiger charge is -2.44. The molecule has 3 aromatic carbocycles. The second-order valence-corrected chi connectivity index (χ2v) is 14.7. The van der Waals surface area contributed by atoms with Crippen LogP contribution in [0, 0.1) is 0 Å². The number of benzene rings is 3. The summed E-state index contributed by atoms with van der Waals surface area (Å²) in [6, 6.07) is 11.0. The van der Waals surface area contributed by atoms with Gasteiger partial charge in [0.1, 0.15) is 96.6 Å². The molecule has 14 N–H and O–H groups in total. The number of carbonyl (C=O) groups is 1. The summed E-state index contributed by atoms with van der Waals surface area (Å²) < 4.78 is 44.4. The Morgan fingerprint density at radius 1 is 0.590 bits per heavy atom. The van der Waals surface area contributed by atoms with E-state index >= 15 is 0 Å². The number of aromatic hydroxyl groups is 6. The summed E-state index contributed by atoms with van der Waals surface area (Å²) in [6.45, 7) is -1.97. The molecule has 4 aliphatic rings. The molecule has 22 nitrogen and oxygen atoms in total. The Hall–Kier alpha value is -5.05. The van der Waals surface area contributed by atoms with Gasteiger partial charge >= 0.3 is 5.97 Å². The Kier molecular flexibility index (Phi) is 13.1. The van der Waals surface area contributed by atoms with Gasteiger partial charge in [0.25, 0.3) is 11.9 Å². The van der Waals surface area contributed by atoms with Gasteiger partial charge in [0.2, 0.25) is 6.29 Å². The molecule has 3 fully saturated rings. The number of aliphatic hydroxyl groups excluding tert-OH is 8. The van der Waals surface area contributed by atoms with Gasteiger partial charge in [-0.1, -0.05) is 0 Å². The van der Waals surface area contributed by atoms with Gasteiger partial charge in [-0.15, -0.1) is 0 Å². The highest BCUT2D eigenvalue weighted by atomic mass is 16.7. The molecule has 0 aliphatic carbocycles. The zero-order valence-electron chi connectivity index (χ0n) is 31.6. The maximum atomic E-state index is 12.5. The van der Waals surface area contributed by atoms with Crippen LogP contribution in [-0.4, -0.2) is 183 Å². The van der Waals surface area contributed by atoms with Gasteiger partial charge in [-0.2, -0.15) is 0 Å². The maximum absolute atomic E-state index is 12.5. The molecule has 4 aliphatic heterocycles. The van der Waals surface area contributed by atoms with Crippen molar-refractivity contribution in [2.24, 2.45) is 0 Å². The third-order valence-electron chi connectivity index (χ3n) is 10.5. The molecule has 4 heterocycles. The Morgan fingerprint density at radius 3 is 1.92 bits per heavy atom. The minimum Gasteiger partial charge on any atom is -0.571 e. The van der Waals surface area contributed by atoms with Crippen LogP contribution in [-0.2, 0) is 33.2 Å². The molecule has 7 rings (SSSR count). The van der Waals surface area contributed by atoms with Crippen molar-refractivity contribution >= 4 is 12.0 Å². The lowest BCUT2D eigenvalue weighted by Crippen LogP contribution is -2.62. The van der Waals surface area contributed by atoms with Crippen LogP contribution >= 0.6 is 0 Å². The first-order chi connectivity index (χ1) is 29.0. The second-order valence-electron chi connectivity index (χ2n) is 14.7. The van der Waals surface area contributed by atoms with Gasteiger partial charge < -0.3 is 104 Å². The molecule has 61 heavy (non-hydrogen) atoms. The summed E-state index contributed by atoms with van der Waals surface area (Å²) in [6.07, 6.45) is -23.9. The van der Waals surface area contributed by atoms with Gasteiger partial charge in [-0.3, -0.25) is 0 Å². The van der Waals surface area contributed by atoms with Crippen molar-refractivity contribution in [3.63, 3.8) is 0 Å². The van der Waals surface area contributed by atoms with E-state index in [9.17, 15) is 71.2 Å². The van der Waals surface area contributed by atoms with Crippen LogP contribution in [0.25, 0.3) is 6.08 Å². The summed E-state index contributed by atoms with van der Waals surface area (Å²) in [5.41, 5.74) is 0.311. The molecule has 0 saturated carbocycles. The first-order valence-corrected chi connectivity index (χ1v) is 18.8. The summed E-state index contributed by atoms with van der Waals surface area (Å²) in [4.78, 5) is 12.5. The van der Waals surface area contributed by atoms with E-state index in [1.54, 1.807) is 0 Å². The molecule has 3 saturated heterocycles. The van der Waals surface area contributed by atoms with Crippen LogP contribution < -0.4 is 0 Å². The minimum atomic E-state index is -1.92. The fourth-order valence-corrected chi connectivity index (χ4v) is 7.08. The van der Waals surface area contributed by atoms with Crippen LogP contribution in [0.2, 0.25) is 0 Å². The topological polar surface area (TPSA) is 357 Å². The first-order valence-electron chi connectivity index (χ1n) is 18.8. The number of aliphatic hydroxyl groups is 9. The molecule has 22 heteroatoms. The van der Waals surface area contributed by atoms with E-state index in [1.807, 2.05) is 0 Å². The van der Waals surface area contributed by atoms with E-state index in [0.717, 1.165) is 12.1 Å². The van der Waals surface area contributed by atoms with Gasteiger partial charge in [0, 0.05) is 12.1 Å². The lowest BCUT2D eigenvalue weighted by molar-refractivity contribution is -0.333.